The molecule has 0 fully saturated rings. The van der Waals surface area contributed by atoms with Crippen LogP contribution in [0, 0.1) is 0 Å². The topological polar surface area (TPSA) is 379 Å². The van der Waals surface area contributed by atoms with Gasteiger partial charge in [-0.05, 0) is 55.7 Å². The van der Waals surface area contributed by atoms with Crippen molar-refractivity contribution in [2.45, 2.75) is 81.7 Å². The van der Waals surface area contributed by atoms with Gasteiger partial charge in [0.15, 0.2) is 5.96 Å². The summed E-state index contributed by atoms with van der Waals surface area (Å²) in [5.41, 5.74) is 30.3. The number of rotatable bonds is 21. The van der Waals surface area contributed by atoms with Gasteiger partial charge in [0.05, 0.1) is 24.5 Å². The van der Waals surface area contributed by atoms with Gasteiger partial charge in [-0.15, -0.1) is 0 Å². The highest BCUT2D eigenvalue weighted by atomic mass is 16.4. The highest BCUT2D eigenvalue weighted by molar-refractivity contribution is 5.89. The number of amides is 3. The minimum atomic E-state index is -1.48. The summed E-state index contributed by atoms with van der Waals surface area (Å²) in [6, 6.07) is 21.7. The molecule has 0 saturated carbocycles. The number of aliphatic carboxylic acids is 4. The molecular formula is C40H55N9O11. The van der Waals surface area contributed by atoms with Crippen molar-refractivity contribution in [1.82, 2.24) is 16.0 Å². The third kappa shape index (κ3) is 22.1. The Morgan fingerprint density at radius 1 is 0.550 bits per heavy atom. The van der Waals surface area contributed by atoms with E-state index in [-0.39, 0.29) is 18.8 Å². The number of carboxylic acid groups (broad SMARTS) is 4. The largest absolute Gasteiger partial charge is 0.481 e. The van der Waals surface area contributed by atoms with Crippen LogP contribution in [0.3, 0.4) is 0 Å². The van der Waals surface area contributed by atoms with Gasteiger partial charge in [0.1, 0.15) is 18.1 Å². The van der Waals surface area contributed by atoms with Gasteiger partial charge in [-0.25, -0.2) is 9.59 Å². The first kappa shape index (κ1) is 51.1. The Kier molecular flexibility index (Phi) is 23.6. The molecule has 0 spiro atoms. The van der Waals surface area contributed by atoms with Crippen LogP contribution in [0.5, 0.6) is 0 Å². The van der Waals surface area contributed by atoms with Crippen LogP contribution in [-0.2, 0) is 52.8 Å². The molecule has 0 aromatic heterocycles. The molecule has 60 heavy (non-hydrogen) atoms. The van der Waals surface area contributed by atoms with Gasteiger partial charge < -0.3 is 65.0 Å². The quantitative estimate of drug-likeness (QED) is 0.0345. The second-order valence-electron chi connectivity index (χ2n) is 13.3. The zero-order valence-corrected chi connectivity index (χ0v) is 33.1. The number of nitrogens with zero attached hydrogens (tertiary/aromatic N) is 1. The molecule has 3 aromatic carbocycles. The van der Waals surface area contributed by atoms with Crippen molar-refractivity contribution >= 4 is 47.6 Å². The lowest BCUT2D eigenvalue weighted by Gasteiger charge is -2.17. The van der Waals surface area contributed by atoms with Crippen LogP contribution in [0.4, 0.5) is 0 Å². The monoisotopic (exact) mass is 837 g/mol. The molecule has 0 aliphatic heterocycles. The lowest BCUT2D eigenvalue weighted by molar-refractivity contribution is -0.147. The molecule has 3 amide bonds. The summed E-state index contributed by atoms with van der Waals surface area (Å²) >= 11 is 0. The van der Waals surface area contributed by atoms with E-state index in [1.165, 1.54) is 6.92 Å². The molecule has 17 N–H and O–H groups in total. The maximum Gasteiger partial charge on any atom is 0.326 e. The van der Waals surface area contributed by atoms with E-state index in [9.17, 15) is 33.6 Å². The Morgan fingerprint density at radius 3 is 1.22 bits per heavy atom. The van der Waals surface area contributed by atoms with E-state index in [1.54, 1.807) is 24.3 Å². The van der Waals surface area contributed by atoms with Gasteiger partial charge in [-0.1, -0.05) is 91.0 Å². The van der Waals surface area contributed by atoms with E-state index in [1.807, 2.05) is 66.7 Å². The maximum absolute atomic E-state index is 12.0. The average Bonchev–Trinajstić information content (AvgIpc) is 3.19. The molecule has 3 rings (SSSR count). The fourth-order valence-corrected chi connectivity index (χ4v) is 4.96. The van der Waals surface area contributed by atoms with Crippen molar-refractivity contribution in [3.05, 3.63) is 108 Å². The van der Waals surface area contributed by atoms with Crippen molar-refractivity contribution in [3.8, 4) is 0 Å². The van der Waals surface area contributed by atoms with Gasteiger partial charge >= 0.3 is 23.9 Å². The Bertz CT molecular complexity index is 1850. The number of nitrogens with two attached hydrogens (primary N) is 5. The number of nitrogens with one attached hydrogen (secondary N) is 3. The minimum absolute atomic E-state index is 0.0502. The van der Waals surface area contributed by atoms with E-state index in [0.717, 1.165) is 16.7 Å². The molecule has 0 aliphatic carbocycles. The van der Waals surface area contributed by atoms with Crippen molar-refractivity contribution in [2.24, 2.45) is 33.7 Å². The molecule has 0 bridgehead atoms. The first-order valence-electron chi connectivity index (χ1n) is 18.6. The number of benzene rings is 3. The molecule has 20 heteroatoms. The van der Waals surface area contributed by atoms with Crippen LogP contribution >= 0.6 is 0 Å². The number of guanidine groups is 1. The molecule has 326 valence electrons. The summed E-state index contributed by atoms with van der Waals surface area (Å²) < 4.78 is 0. The normalized spacial score (nSPS) is 13.3. The molecule has 3 aromatic rings. The van der Waals surface area contributed by atoms with Crippen molar-refractivity contribution in [2.75, 3.05) is 6.54 Å². The summed E-state index contributed by atoms with van der Waals surface area (Å²) in [5.74, 6) is -6.61. The van der Waals surface area contributed by atoms with Crippen molar-refractivity contribution < 1.29 is 54.0 Å². The third-order valence-electron chi connectivity index (χ3n) is 8.19. The van der Waals surface area contributed by atoms with Crippen LogP contribution in [0.15, 0.2) is 96.0 Å². The zero-order valence-electron chi connectivity index (χ0n) is 33.1. The minimum Gasteiger partial charge on any atom is -0.481 e. The Labute approximate surface area is 346 Å². The number of carbonyl (C=O) groups excluding carboxylic acids is 3. The fraction of sp³-hybridized carbons (Fsp3) is 0.350. The molecule has 0 heterocycles. The number of hydrogen-bond donors (Lipinski definition) is 12. The lowest BCUT2D eigenvalue weighted by atomic mass is 10.1. The number of aliphatic imine (C=N–C) groups is 1. The van der Waals surface area contributed by atoms with Crippen molar-refractivity contribution in [1.29, 1.82) is 0 Å². The summed E-state index contributed by atoms with van der Waals surface area (Å²) in [6.07, 6.45) is 0.927. The van der Waals surface area contributed by atoms with Crippen LogP contribution in [0.25, 0.3) is 0 Å². The number of carbonyl (C=O) groups is 7. The highest BCUT2D eigenvalue weighted by Crippen LogP contribution is 2.06. The molecule has 0 saturated heterocycles. The molecule has 6 atom stereocenters. The number of carboxylic acids is 4. The van der Waals surface area contributed by atoms with E-state index >= 15 is 0 Å². The first-order chi connectivity index (χ1) is 28.3. The predicted octanol–water partition coefficient (Wildman–Crippen LogP) is -1.07. The lowest BCUT2D eigenvalue weighted by Crippen LogP contribution is -2.49. The smallest absolute Gasteiger partial charge is 0.326 e. The van der Waals surface area contributed by atoms with E-state index in [0.29, 0.717) is 25.8 Å². The van der Waals surface area contributed by atoms with E-state index in [2.05, 4.69) is 20.9 Å². The van der Waals surface area contributed by atoms with Gasteiger partial charge in [-0.2, -0.15) is 0 Å². The molecule has 0 unspecified atom stereocenters. The average molecular weight is 838 g/mol. The summed E-state index contributed by atoms with van der Waals surface area (Å²) in [4.78, 5) is 82.2. The third-order valence-corrected chi connectivity index (χ3v) is 8.19. The predicted molar refractivity (Wildman–Crippen MR) is 221 cm³/mol. The van der Waals surface area contributed by atoms with Crippen LogP contribution < -0.4 is 44.6 Å². The maximum atomic E-state index is 12.0. The highest BCUT2D eigenvalue weighted by Gasteiger charge is 2.26. The van der Waals surface area contributed by atoms with Gasteiger partial charge in [0.2, 0.25) is 17.7 Å². The van der Waals surface area contributed by atoms with Gasteiger partial charge in [0, 0.05) is 6.54 Å². The van der Waals surface area contributed by atoms with E-state index in [4.69, 9.17) is 49.1 Å². The fourth-order valence-electron chi connectivity index (χ4n) is 4.96. The van der Waals surface area contributed by atoms with Crippen LogP contribution in [0.2, 0.25) is 0 Å². The molecule has 0 radical (unpaired) electrons. The second-order valence-corrected chi connectivity index (χ2v) is 13.3. The first-order valence-corrected chi connectivity index (χ1v) is 18.6. The van der Waals surface area contributed by atoms with Crippen molar-refractivity contribution in [3.63, 3.8) is 0 Å². The Hall–Kier alpha value is -6.90. The number of hydrogen-bond acceptors (Lipinski definition) is 11. The molecular weight excluding hydrogens is 782 g/mol. The zero-order chi connectivity index (χ0) is 45.2. The van der Waals surface area contributed by atoms with Gasteiger partial charge in [-0.3, -0.25) is 29.0 Å². The van der Waals surface area contributed by atoms with Crippen LogP contribution in [-0.4, -0.2) is 111 Å². The SMILES string of the molecule is C[C@H](NC(=O)[C@@H](N)Cc1ccccc1)C(=O)O.NC(N)=NCCC[C@H](NC(=O)[C@@H](N)Cc1ccccc1)C(=O)O.N[C@@H](Cc1ccccc1)C(=O)N[C@@H](CC(=O)O)C(=O)O. The Balaban J connectivity index is 0.000000455. The molecule has 0 aliphatic rings. The Morgan fingerprint density at radius 2 is 0.900 bits per heavy atom. The standard InChI is InChI=1S/C15H23N5O3.C13H16N2O5.C12H16N2O3/c16-11(9-10-5-2-1-3-6-10)13(21)20-12(14(22)23)7-4-8-19-15(17)18;14-9(6-8-4-2-1-3-5-8)12(18)15-10(13(19)20)7-11(16)17;1-8(12(16)17)14-11(15)10(13)7-9-5-3-2-4-6-9/h1-3,5-6,11-12H,4,7-9,16H2,(H,20,21)(H,22,23)(H4,17,18,19);1-5,9-10H,6-7,14H2,(H,15,18)(H,16,17)(H,19,20);2-6,8,10H,7,13H2,1H3,(H,14,15)(H,16,17)/t11-,12-;9-,10-;8-,10-/m000/s1. The van der Waals surface area contributed by atoms with E-state index < -0.39 is 84.3 Å². The van der Waals surface area contributed by atoms with Crippen LogP contribution in [0.1, 0.15) is 42.9 Å². The summed E-state index contributed by atoms with van der Waals surface area (Å²) in [6.45, 7) is 1.70. The summed E-state index contributed by atoms with van der Waals surface area (Å²) in [7, 11) is 0. The molecule has 20 nitrogen and oxygen atoms in total. The summed E-state index contributed by atoms with van der Waals surface area (Å²) in [5, 5.41) is 42.1. The second kappa shape index (κ2) is 27.7. The van der Waals surface area contributed by atoms with Gasteiger partial charge in [0.25, 0.3) is 0 Å².